The molecule has 19 heavy (non-hydrogen) atoms. The second kappa shape index (κ2) is 5.61. The highest BCUT2D eigenvalue weighted by Crippen LogP contribution is 2.33. The van der Waals surface area contributed by atoms with Gasteiger partial charge in [0.2, 0.25) is 5.91 Å². The van der Waals surface area contributed by atoms with Crippen LogP contribution in [0.25, 0.3) is 0 Å². The first kappa shape index (κ1) is 14.5. The molecule has 4 nitrogen and oxygen atoms in total. The molecule has 1 amide bonds. The molecular formula is C14H23N3OS. The third-order valence-corrected chi connectivity index (χ3v) is 4.71. The van der Waals surface area contributed by atoms with Gasteiger partial charge in [0.05, 0.1) is 11.6 Å². The van der Waals surface area contributed by atoms with E-state index in [9.17, 15) is 4.79 Å². The minimum atomic E-state index is -0.516. The number of nitrogens with one attached hydrogen (secondary N) is 1. The number of carbonyl (C=O) groups excluding carboxylic acids is 1. The lowest BCUT2D eigenvalue weighted by atomic mass is 9.90. The number of hydrogen-bond donors (Lipinski definition) is 2. The molecule has 2 atom stereocenters. The highest BCUT2D eigenvalue weighted by molar-refractivity contribution is 7.07. The minimum Gasteiger partial charge on any atom is -0.353 e. The van der Waals surface area contributed by atoms with Crippen molar-refractivity contribution < 1.29 is 4.79 Å². The molecule has 0 bridgehead atoms. The van der Waals surface area contributed by atoms with E-state index >= 15 is 0 Å². The van der Waals surface area contributed by atoms with Crippen LogP contribution in [0.4, 0.5) is 0 Å². The fraction of sp³-hybridized carbons (Fsp3) is 0.643. The van der Waals surface area contributed by atoms with Crippen LogP contribution < -0.4 is 11.1 Å². The topological polar surface area (TPSA) is 58.4 Å². The van der Waals surface area contributed by atoms with E-state index in [2.05, 4.69) is 34.0 Å². The van der Waals surface area contributed by atoms with Gasteiger partial charge in [0.1, 0.15) is 0 Å². The molecular weight excluding hydrogens is 258 g/mol. The Morgan fingerprint density at radius 3 is 2.89 bits per heavy atom. The summed E-state index contributed by atoms with van der Waals surface area (Å²) < 4.78 is 0. The van der Waals surface area contributed by atoms with Crippen LogP contribution in [0.5, 0.6) is 0 Å². The molecule has 0 radical (unpaired) electrons. The van der Waals surface area contributed by atoms with Crippen LogP contribution in [0.15, 0.2) is 16.8 Å². The number of amides is 1. The fourth-order valence-electron chi connectivity index (χ4n) is 2.73. The van der Waals surface area contributed by atoms with Gasteiger partial charge in [-0.15, -0.1) is 0 Å². The Balaban J connectivity index is 2.35. The van der Waals surface area contributed by atoms with Gasteiger partial charge in [-0.05, 0) is 42.7 Å². The number of hydrogen-bond acceptors (Lipinski definition) is 4. The summed E-state index contributed by atoms with van der Waals surface area (Å²) in [5, 5.41) is 7.15. The monoisotopic (exact) mass is 281 g/mol. The van der Waals surface area contributed by atoms with Crippen molar-refractivity contribution in [3.63, 3.8) is 0 Å². The normalized spacial score (nSPS) is 22.8. The Hall–Kier alpha value is -0.910. The molecule has 1 aromatic heterocycles. The van der Waals surface area contributed by atoms with Crippen molar-refractivity contribution in [2.45, 2.75) is 44.8 Å². The molecule has 2 heterocycles. The zero-order valence-electron chi connectivity index (χ0n) is 11.8. The van der Waals surface area contributed by atoms with E-state index in [1.807, 2.05) is 13.8 Å². The molecule has 106 valence electrons. The van der Waals surface area contributed by atoms with E-state index in [0.717, 1.165) is 13.0 Å². The molecule has 1 saturated heterocycles. The van der Waals surface area contributed by atoms with Gasteiger partial charge in [-0.2, -0.15) is 11.3 Å². The van der Waals surface area contributed by atoms with Crippen molar-refractivity contribution in [1.82, 2.24) is 10.2 Å². The highest BCUT2D eigenvalue weighted by atomic mass is 32.1. The number of carbonyl (C=O) groups is 1. The standard InChI is InChI=1S/C14H23N3OS/c1-4-11(15)12(10-5-8-19-9-10)17-7-6-16-13(18)14(17,2)3/h5,8-9,11-12H,4,6-7,15H2,1-3H3,(H,16,18). The number of rotatable bonds is 4. The van der Waals surface area contributed by atoms with Crippen molar-refractivity contribution in [2.75, 3.05) is 13.1 Å². The van der Waals surface area contributed by atoms with Crippen molar-refractivity contribution in [2.24, 2.45) is 5.73 Å². The molecule has 1 fully saturated rings. The molecule has 1 aromatic rings. The first-order chi connectivity index (χ1) is 8.98. The summed E-state index contributed by atoms with van der Waals surface area (Å²) in [6.07, 6.45) is 0.898. The first-order valence-corrected chi connectivity index (χ1v) is 7.75. The Bertz CT molecular complexity index is 430. The van der Waals surface area contributed by atoms with Gasteiger partial charge in [-0.3, -0.25) is 9.69 Å². The van der Waals surface area contributed by atoms with Gasteiger partial charge >= 0.3 is 0 Å². The number of nitrogens with two attached hydrogens (primary N) is 1. The number of piperazine rings is 1. The van der Waals surface area contributed by atoms with Crippen LogP contribution in [0.3, 0.4) is 0 Å². The molecule has 2 rings (SSSR count). The second-order valence-electron chi connectivity index (χ2n) is 5.58. The Morgan fingerprint density at radius 1 is 1.58 bits per heavy atom. The van der Waals surface area contributed by atoms with Crippen LogP contribution in [-0.4, -0.2) is 35.5 Å². The first-order valence-electron chi connectivity index (χ1n) is 6.81. The maximum absolute atomic E-state index is 12.1. The SMILES string of the molecule is CCC(N)C(c1ccsc1)N1CCNC(=O)C1(C)C. The summed E-state index contributed by atoms with van der Waals surface area (Å²) in [6.45, 7) is 7.58. The molecule has 0 aliphatic carbocycles. The van der Waals surface area contributed by atoms with Crippen LogP contribution in [0.2, 0.25) is 0 Å². The summed E-state index contributed by atoms with van der Waals surface area (Å²) in [7, 11) is 0. The molecule has 0 aromatic carbocycles. The smallest absolute Gasteiger partial charge is 0.240 e. The molecule has 0 spiro atoms. The van der Waals surface area contributed by atoms with Crippen molar-refractivity contribution in [3.05, 3.63) is 22.4 Å². The lowest BCUT2D eigenvalue weighted by Gasteiger charge is -2.47. The molecule has 3 N–H and O–H groups in total. The summed E-state index contributed by atoms with van der Waals surface area (Å²) >= 11 is 1.68. The Labute approximate surface area is 119 Å². The maximum Gasteiger partial charge on any atom is 0.240 e. The average molecular weight is 281 g/mol. The third-order valence-electron chi connectivity index (χ3n) is 4.01. The van der Waals surface area contributed by atoms with Crippen molar-refractivity contribution in [1.29, 1.82) is 0 Å². The molecule has 2 unspecified atom stereocenters. The van der Waals surface area contributed by atoms with Crippen LogP contribution in [-0.2, 0) is 4.79 Å². The van der Waals surface area contributed by atoms with Gasteiger partial charge in [0, 0.05) is 19.1 Å². The summed E-state index contributed by atoms with van der Waals surface area (Å²) in [4.78, 5) is 14.4. The van der Waals surface area contributed by atoms with E-state index < -0.39 is 5.54 Å². The largest absolute Gasteiger partial charge is 0.353 e. The molecule has 0 saturated carbocycles. The Morgan fingerprint density at radius 2 is 2.32 bits per heavy atom. The molecule has 1 aliphatic heterocycles. The fourth-order valence-corrected chi connectivity index (χ4v) is 3.42. The number of nitrogens with zero attached hydrogens (tertiary/aromatic N) is 1. The van der Waals surface area contributed by atoms with Gasteiger partial charge in [-0.1, -0.05) is 6.92 Å². The quantitative estimate of drug-likeness (QED) is 0.884. The van der Waals surface area contributed by atoms with E-state index in [1.54, 1.807) is 11.3 Å². The third kappa shape index (κ3) is 2.68. The van der Waals surface area contributed by atoms with E-state index in [-0.39, 0.29) is 18.0 Å². The molecule has 5 heteroatoms. The summed E-state index contributed by atoms with van der Waals surface area (Å²) in [6, 6.07) is 2.27. The van der Waals surface area contributed by atoms with Gasteiger partial charge in [0.25, 0.3) is 0 Å². The van der Waals surface area contributed by atoms with Gasteiger partial charge < -0.3 is 11.1 Å². The van der Waals surface area contributed by atoms with Crippen molar-refractivity contribution >= 4 is 17.2 Å². The van der Waals surface area contributed by atoms with Gasteiger partial charge in [-0.25, -0.2) is 0 Å². The van der Waals surface area contributed by atoms with Crippen LogP contribution >= 0.6 is 11.3 Å². The summed E-state index contributed by atoms with van der Waals surface area (Å²) in [5.74, 6) is 0.0854. The predicted molar refractivity (Wildman–Crippen MR) is 79.1 cm³/mol. The van der Waals surface area contributed by atoms with Crippen LogP contribution in [0.1, 0.15) is 38.8 Å². The molecule has 1 aliphatic rings. The van der Waals surface area contributed by atoms with Gasteiger partial charge in [0.15, 0.2) is 0 Å². The highest BCUT2D eigenvalue weighted by Gasteiger charge is 2.43. The zero-order valence-corrected chi connectivity index (χ0v) is 12.7. The van der Waals surface area contributed by atoms with E-state index in [1.165, 1.54) is 5.56 Å². The lowest BCUT2D eigenvalue weighted by Crippen LogP contribution is -2.64. The average Bonchev–Trinajstić information content (AvgIpc) is 2.88. The minimum absolute atomic E-state index is 0.0415. The number of thiophene rings is 1. The van der Waals surface area contributed by atoms with Crippen LogP contribution in [0, 0.1) is 0 Å². The van der Waals surface area contributed by atoms with E-state index in [4.69, 9.17) is 5.73 Å². The lowest BCUT2D eigenvalue weighted by molar-refractivity contribution is -0.137. The maximum atomic E-state index is 12.1. The second-order valence-corrected chi connectivity index (χ2v) is 6.36. The summed E-state index contributed by atoms with van der Waals surface area (Å²) in [5.41, 5.74) is 7.05. The predicted octanol–water partition coefficient (Wildman–Crippen LogP) is 1.74. The van der Waals surface area contributed by atoms with Crippen molar-refractivity contribution in [3.8, 4) is 0 Å². The van der Waals surface area contributed by atoms with E-state index in [0.29, 0.717) is 6.54 Å². The zero-order chi connectivity index (χ0) is 14.0. The Kier molecular flexibility index (Phi) is 4.28.